The molecule has 156 valence electrons. The zero-order valence-electron chi connectivity index (χ0n) is 15.2. The molecule has 8 nitrogen and oxygen atoms in total. The van der Waals surface area contributed by atoms with Crippen molar-refractivity contribution in [2.45, 2.75) is 6.18 Å². The number of aromatic nitrogens is 2. The second-order valence-electron chi connectivity index (χ2n) is 5.80. The van der Waals surface area contributed by atoms with Crippen LogP contribution in [0, 0.1) is 0 Å². The number of alkyl halides is 3. The average Bonchev–Trinajstić information content (AvgIpc) is 3.19. The average molecular weight is 421 g/mol. The van der Waals surface area contributed by atoms with Crippen LogP contribution in [-0.2, 0) is 20.5 Å². The Balaban J connectivity index is 1.44. The Morgan fingerprint density at radius 1 is 1.00 bits per heavy atom. The normalized spacial score (nSPS) is 11.0. The van der Waals surface area contributed by atoms with Gasteiger partial charge in [-0.25, -0.2) is 4.79 Å². The highest BCUT2D eigenvalue weighted by molar-refractivity contribution is 5.91. The Morgan fingerprint density at radius 2 is 1.77 bits per heavy atom. The third kappa shape index (κ3) is 5.80. The summed E-state index contributed by atoms with van der Waals surface area (Å²) in [5.74, 6) is -1.66. The van der Waals surface area contributed by atoms with Crippen LogP contribution in [-0.4, -0.2) is 35.3 Å². The van der Waals surface area contributed by atoms with E-state index in [4.69, 9.17) is 13.9 Å². The fraction of sp³-hybridized carbons (Fsp3) is 0.158. The van der Waals surface area contributed by atoms with Crippen molar-refractivity contribution in [3.05, 3.63) is 60.2 Å². The van der Waals surface area contributed by atoms with Crippen LogP contribution in [0.25, 0.3) is 11.5 Å². The van der Waals surface area contributed by atoms with Gasteiger partial charge in [0.05, 0.1) is 5.56 Å². The first-order chi connectivity index (χ1) is 14.3. The number of anilines is 1. The SMILES string of the molecule is O=C(COC(=O)COc1cccc(C(F)(F)F)c1)Nc1nnc(-c2ccccc2)o1. The molecule has 0 atom stereocenters. The molecule has 0 radical (unpaired) electrons. The Morgan fingerprint density at radius 3 is 2.50 bits per heavy atom. The van der Waals surface area contributed by atoms with Gasteiger partial charge in [0.25, 0.3) is 5.91 Å². The number of hydrogen-bond donors (Lipinski definition) is 1. The number of carbonyl (C=O) groups excluding carboxylic acids is 2. The van der Waals surface area contributed by atoms with Crippen molar-refractivity contribution in [2.75, 3.05) is 18.5 Å². The molecule has 1 amide bonds. The van der Waals surface area contributed by atoms with Crippen molar-refractivity contribution in [2.24, 2.45) is 0 Å². The summed E-state index contributed by atoms with van der Waals surface area (Å²) in [4.78, 5) is 23.5. The fourth-order valence-corrected chi connectivity index (χ4v) is 2.22. The summed E-state index contributed by atoms with van der Waals surface area (Å²) in [6.07, 6.45) is -4.53. The van der Waals surface area contributed by atoms with E-state index < -0.39 is 36.8 Å². The van der Waals surface area contributed by atoms with E-state index in [1.807, 2.05) is 6.07 Å². The van der Waals surface area contributed by atoms with E-state index >= 15 is 0 Å². The second-order valence-corrected chi connectivity index (χ2v) is 5.80. The van der Waals surface area contributed by atoms with Crippen LogP contribution in [0.2, 0.25) is 0 Å². The molecule has 1 aromatic heterocycles. The molecule has 0 aliphatic carbocycles. The van der Waals surface area contributed by atoms with Gasteiger partial charge >= 0.3 is 18.2 Å². The molecule has 3 aromatic rings. The number of nitrogens with one attached hydrogen (secondary N) is 1. The van der Waals surface area contributed by atoms with Crippen LogP contribution < -0.4 is 10.1 Å². The van der Waals surface area contributed by atoms with E-state index in [-0.39, 0.29) is 17.7 Å². The molecular formula is C19H14F3N3O5. The summed E-state index contributed by atoms with van der Waals surface area (Å²) >= 11 is 0. The topological polar surface area (TPSA) is 104 Å². The van der Waals surface area contributed by atoms with Gasteiger partial charge in [0, 0.05) is 5.56 Å². The van der Waals surface area contributed by atoms with E-state index in [2.05, 4.69) is 15.5 Å². The summed E-state index contributed by atoms with van der Waals surface area (Å²) < 4.78 is 52.9. The molecule has 0 aliphatic heterocycles. The molecule has 30 heavy (non-hydrogen) atoms. The lowest BCUT2D eigenvalue weighted by Gasteiger charge is -2.10. The number of esters is 1. The van der Waals surface area contributed by atoms with Gasteiger partial charge in [-0.3, -0.25) is 10.1 Å². The minimum Gasteiger partial charge on any atom is -0.482 e. The zero-order valence-corrected chi connectivity index (χ0v) is 15.2. The van der Waals surface area contributed by atoms with E-state index in [1.165, 1.54) is 6.07 Å². The highest BCUT2D eigenvalue weighted by Gasteiger charge is 2.30. The second kappa shape index (κ2) is 9.07. The molecule has 0 bridgehead atoms. The molecule has 3 rings (SSSR count). The van der Waals surface area contributed by atoms with Crippen LogP contribution in [0.15, 0.2) is 59.0 Å². The molecule has 0 spiro atoms. The maximum atomic E-state index is 12.6. The molecule has 11 heteroatoms. The summed E-state index contributed by atoms with van der Waals surface area (Å²) in [7, 11) is 0. The Kier molecular flexibility index (Phi) is 6.30. The van der Waals surface area contributed by atoms with Crippen LogP contribution in [0.4, 0.5) is 19.2 Å². The lowest BCUT2D eigenvalue weighted by molar-refractivity contribution is -0.149. The minimum absolute atomic E-state index is 0.162. The summed E-state index contributed by atoms with van der Waals surface area (Å²) in [5.41, 5.74) is -0.258. The van der Waals surface area contributed by atoms with E-state index in [0.717, 1.165) is 18.2 Å². The quantitative estimate of drug-likeness (QED) is 0.584. The van der Waals surface area contributed by atoms with Crippen molar-refractivity contribution in [1.82, 2.24) is 10.2 Å². The standard InChI is InChI=1S/C19H14F3N3O5/c20-19(21,22)13-7-4-8-14(9-13)28-11-16(27)29-10-15(26)23-18-25-24-17(30-18)12-5-2-1-3-6-12/h1-9H,10-11H2,(H,23,25,26). The lowest BCUT2D eigenvalue weighted by Crippen LogP contribution is -2.23. The van der Waals surface area contributed by atoms with Gasteiger partial charge in [-0.15, -0.1) is 5.10 Å². The first-order valence-corrected chi connectivity index (χ1v) is 8.46. The van der Waals surface area contributed by atoms with Gasteiger partial charge in [-0.2, -0.15) is 13.2 Å². The highest BCUT2D eigenvalue weighted by Crippen LogP contribution is 2.31. The largest absolute Gasteiger partial charge is 0.482 e. The van der Waals surface area contributed by atoms with E-state index in [9.17, 15) is 22.8 Å². The van der Waals surface area contributed by atoms with Crippen LogP contribution >= 0.6 is 0 Å². The number of rotatable bonds is 7. The molecular weight excluding hydrogens is 407 g/mol. The number of halogens is 3. The van der Waals surface area contributed by atoms with Crippen molar-refractivity contribution >= 4 is 17.9 Å². The number of ether oxygens (including phenoxy) is 2. The monoisotopic (exact) mass is 421 g/mol. The molecule has 1 N–H and O–H groups in total. The molecule has 0 aliphatic rings. The van der Waals surface area contributed by atoms with Crippen LogP contribution in [0.1, 0.15) is 5.56 Å². The Bertz CT molecular complexity index is 1020. The Labute approximate surface area is 167 Å². The van der Waals surface area contributed by atoms with Gasteiger partial charge in [0.1, 0.15) is 5.75 Å². The van der Waals surface area contributed by atoms with Crippen molar-refractivity contribution in [1.29, 1.82) is 0 Å². The Hall–Kier alpha value is -3.89. The molecule has 0 unspecified atom stereocenters. The molecule has 2 aromatic carbocycles. The molecule has 0 saturated carbocycles. The number of benzene rings is 2. The van der Waals surface area contributed by atoms with Gasteiger partial charge in [0.15, 0.2) is 13.2 Å². The van der Waals surface area contributed by atoms with Crippen molar-refractivity contribution in [3.63, 3.8) is 0 Å². The number of carbonyl (C=O) groups is 2. The molecule has 1 heterocycles. The van der Waals surface area contributed by atoms with Crippen LogP contribution in [0.3, 0.4) is 0 Å². The molecule has 0 saturated heterocycles. The third-order valence-electron chi connectivity index (χ3n) is 3.57. The number of nitrogens with zero attached hydrogens (tertiary/aromatic N) is 2. The predicted octanol–water partition coefficient (Wildman–Crippen LogP) is 3.32. The first kappa shape index (κ1) is 20.8. The summed E-state index contributed by atoms with van der Waals surface area (Å²) in [6.45, 7) is -1.35. The van der Waals surface area contributed by atoms with Crippen molar-refractivity contribution in [3.8, 4) is 17.2 Å². The molecule has 0 fully saturated rings. The maximum Gasteiger partial charge on any atom is 0.416 e. The minimum atomic E-state index is -4.53. The van der Waals surface area contributed by atoms with Gasteiger partial charge < -0.3 is 13.9 Å². The number of amides is 1. The smallest absolute Gasteiger partial charge is 0.416 e. The van der Waals surface area contributed by atoms with Gasteiger partial charge in [-0.1, -0.05) is 29.4 Å². The zero-order chi connectivity index (χ0) is 21.6. The third-order valence-corrected chi connectivity index (χ3v) is 3.57. The summed E-state index contributed by atoms with van der Waals surface area (Å²) in [6, 6.07) is 12.7. The highest BCUT2D eigenvalue weighted by atomic mass is 19.4. The van der Waals surface area contributed by atoms with Gasteiger partial charge in [-0.05, 0) is 30.3 Å². The summed E-state index contributed by atoms with van der Waals surface area (Å²) in [5, 5.41) is 9.70. The fourth-order valence-electron chi connectivity index (χ4n) is 2.22. The maximum absolute atomic E-state index is 12.6. The predicted molar refractivity (Wildman–Crippen MR) is 96.3 cm³/mol. The van der Waals surface area contributed by atoms with E-state index in [1.54, 1.807) is 24.3 Å². The lowest BCUT2D eigenvalue weighted by atomic mass is 10.2. The van der Waals surface area contributed by atoms with Crippen LogP contribution in [0.5, 0.6) is 5.75 Å². The van der Waals surface area contributed by atoms with Crippen molar-refractivity contribution < 1.29 is 36.7 Å². The first-order valence-electron chi connectivity index (χ1n) is 8.46. The van der Waals surface area contributed by atoms with Gasteiger partial charge in [0.2, 0.25) is 5.89 Å². The van der Waals surface area contributed by atoms with E-state index in [0.29, 0.717) is 5.56 Å². The number of hydrogen-bond acceptors (Lipinski definition) is 7.